The van der Waals surface area contributed by atoms with Gasteiger partial charge in [-0.15, -0.1) is 0 Å². The van der Waals surface area contributed by atoms with Crippen LogP contribution in [-0.2, 0) is 9.53 Å². The van der Waals surface area contributed by atoms with Crippen LogP contribution in [0.4, 0.5) is 0 Å². The van der Waals surface area contributed by atoms with Crippen molar-refractivity contribution >= 4 is 11.8 Å². The summed E-state index contributed by atoms with van der Waals surface area (Å²) in [6, 6.07) is 10.4. The number of carbonyl (C=O) groups is 2. The molecular weight excluding hydrogens is 376 g/mol. The van der Waals surface area contributed by atoms with Gasteiger partial charge in [0.2, 0.25) is 5.75 Å². The number of ether oxygens (including phenoxy) is 3. The summed E-state index contributed by atoms with van der Waals surface area (Å²) in [7, 11) is 0. The molecule has 0 atom stereocenters. The lowest BCUT2D eigenvalue weighted by atomic mass is 10.1. The van der Waals surface area contributed by atoms with E-state index in [0.717, 1.165) is 30.9 Å². The Bertz CT molecular complexity index is 792. The predicted molar refractivity (Wildman–Crippen MR) is 109 cm³/mol. The predicted octanol–water partition coefficient (Wildman–Crippen LogP) is 4.03. The molecule has 0 bridgehead atoms. The first kappa shape index (κ1) is 23.8. The first-order chi connectivity index (χ1) is 13.8. The van der Waals surface area contributed by atoms with Crippen molar-refractivity contribution in [2.24, 2.45) is 0 Å². The maximum Gasteiger partial charge on any atom is 0.344 e. The number of carbonyl (C=O) groups excluding carboxylic acids is 2. The number of Topliss-reactive ketones (excluding diaryl/α,β-unsaturated/α-hetero) is 1. The molecule has 0 spiro atoms. The van der Waals surface area contributed by atoms with E-state index in [-0.39, 0.29) is 23.7 Å². The highest BCUT2D eigenvalue weighted by Crippen LogP contribution is 2.37. The highest BCUT2D eigenvalue weighted by atomic mass is 16.6. The van der Waals surface area contributed by atoms with Gasteiger partial charge in [0.15, 0.2) is 23.9 Å². The van der Waals surface area contributed by atoms with Crippen LogP contribution in [0.5, 0.6) is 23.0 Å². The van der Waals surface area contributed by atoms with Crippen LogP contribution in [0.1, 0.15) is 43.1 Å². The Hall–Kier alpha value is -3.22. The van der Waals surface area contributed by atoms with Crippen LogP contribution >= 0.6 is 0 Å². The van der Waals surface area contributed by atoms with Crippen LogP contribution in [0.25, 0.3) is 0 Å². The standard InChI is InChI=1S/C12H14O6.C10H14O/c1-3-17-11(16)6-18-12-9(14)4-8(7(2)13)5-10(12)15;1-3-8-11-10-7-5-4-6-9(10)2/h4-5,14-15H,3,6H2,1-2H3;4-7H,3,8H2,1-2H3. The zero-order chi connectivity index (χ0) is 21.8. The lowest BCUT2D eigenvalue weighted by Crippen LogP contribution is -2.14. The molecule has 0 saturated carbocycles. The molecule has 2 aromatic carbocycles. The van der Waals surface area contributed by atoms with Gasteiger partial charge >= 0.3 is 5.97 Å². The van der Waals surface area contributed by atoms with Crippen molar-refractivity contribution in [2.45, 2.75) is 34.1 Å². The molecule has 0 fully saturated rings. The summed E-state index contributed by atoms with van der Waals surface area (Å²) in [6.45, 7) is 7.70. The minimum absolute atomic E-state index is 0.147. The minimum atomic E-state index is -0.619. The average molecular weight is 404 g/mol. The molecule has 7 heteroatoms. The van der Waals surface area contributed by atoms with Crippen LogP contribution in [0, 0.1) is 6.92 Å². The van der Waals surface area contributed by atoms with Crippen molar-refractivity contribution in [2.75, 3.05) is 19.8 Å². The molecule has 158 valence electrons. The number of hydrogen-bond donors (Lipinski definition) is 2. The van der Waals surface area contributed by atoms with Gasteiger partial charge in [-0.3, -0.25) is 4.79 Å². The molecule has 29 heavy (non-hydrogen) atoms. The molecule has 0 heterocycles. The number of aryl methyl sites for hydroxylation is 1. The van der Waals surface area contributed by atoms with Crippen LogP contribution in [0.3, 0.4) is 0 Å². The third-order valence-electron chi connectivity index (χ3n) is 3.65. The molecule has 0 aliphatic carbocycles. The summed E-state index contributed by atoms with van der Waals surface area (Å²) in [4.78, 5) is 22.1. The molecule has 2 aromatic rings. The SMILES string of the molecule is CCCOc1ccccc1C.CCOC(=O)COc1c(O)cc(C(C)=O)cc1O. The van der Waals surface area contributed by atoms with E-state index in [9.17, 15) is 19.8 Å². The van der Waals surface area contributed by atoms with E-state index in [2.05, 4.69) is 24.7 Å². The third kappa shape index (κ3) is 8.13. The Morgan fingerprint density at radius 2 is 1.62 bits per heavy atom. The Kier molecular flexibility index (Phi) is 10.1. The molecule has 0 aliphatic heterocycles. The van der Waals surface area contributed by atoms with Gasteiger partial charge in [0, 0.05) is 5.56 Å². The van der Waals surface area contributed by atoms with Crippen LogP contribution in [-0.4, -0.2) is 41.8 Å². The van der Waals surface area contributed by atoms with E-state index in [1.165, 1.54) is 12.5 Å². The normalized spacial score (nSPS) is 9.79. The highest BCUT2D eigenvalue weighted by molar-refractivity contribution is 5.95. The second-order valence-electron chi connectivity index (χ2n) is 6.11. The quantitative estimate of drug-likeness (QED) is 0.506. The lowest BCUT2D eigenvalue weighted by Gasteiger charge is -2.10. The zero-order valence-electron chi connectivity index (χ0n) is 17.2. The summed E-state index contributed by atoms with van der Waals surface area (Å²) < 4.78 is 15.0. The summed E-state index contributed by atoms with van der Waals surface area (Å²) >= 11 is 0. The van der Waals surface area contributed by atoms with Gasteiger partial charge in [-0.2, -0.15) is 0 Å². The van der Waals surface area contributed by atoms with Crippen LogP contribution in [0.2, 0.25) is 0 Å². The molecule has 0 amide bonds. The lowest BCUT2D eigenvalue weighted by molar-refractivity contribution is -0.145. The van der Waals surface area contributed by atoms with E-state index in [0.29, 0.717) is 0 Å². The summed E-state index contributed by atoms with van der Waals surface area (Å²) in [5, 5.41) is 19.1. The number of esters is 1. The number of phenols is 2. The third-order valence-corrected chi connectivity index (χ3v) is 3.65. The van der Waals surface area contributed by atoms with Crippen molar-refractivity contribution in [1.82, 2.24) is 0 Å². The Labute approximate surface area is 170 Å². The van der Waals surface area contributed by atoms with E-state index in [1.807, 2.05) is 18.2 Å². The summed E-state index contributed by atoms with van der Waals surface area (Å²) in [6.07, 6.45) is 1.06. The average Bonchev–Trinajstić information content (AvgIpc) is 2.67. The fourth-order valence-electron chi connectivity index (χ4n) is 2.21. The number of phenolic OH excluding ortho intramolecular Hbond substituents is 2. The number of hydrogen-bond acceptors (Lipinski definition) is 7. The fourth-order valence-corrected chi connectivity index (χ4v) is 2.21. The molecular formula is C22H28O7. The highest BCUT2D eigenvalue weighted by Gasteiger charge is 2.15. The molecule has 0 saturated heterocycles. The maximum absolute atomic E-state index is 11.1. The maximum atomic E-state index is 11.1. The molecule has 7 nitrogen and oxygen atoms in total. The van der Waals surface area contributed by atoms with E-state index < -0.39 is 24.1 Å². The molecule has 0 aliphatic rings. The van der Waals surface area contributed by atoms with Gasteiger partial charge in [0.1, 0.15) is 5.75 Å². The first-order valence-corrected chi connectivity index (χ1v) is 9.33. The van der Waals surface area contributed by atoms with Crippen LogP contribution in [0.15, 0.2) is 36.4 Å². The summed E-state index contributed by atoms with van der Waals surface area (Å²) in [5.74, 6) is -0.999. The van der Waals surface area contributed by atoms with Crippen molar-refractivity contribution < 1.29 is 34.0 Å². The van der Waals surface area contributed by atoms with Gasteiger partial charge in [-0.05, 0) is 51.0 Å². The molecule has 2 N–H and O–H groups in total. The van der Waals surface area contributed by atoms with Gasteiger partial charge < -0.3 is 24.4 Å². The summed E-state index contributed by atoms with van der Waals surface area (Å²) in [5.41, 5.74) is 1.36. The Balaban J connectivity index is 0.000000326. The minimum Gasteiger partial charge on any atom is -0.504 e. The van der Waals surface area contributed by atoms with E-state index in [4.69, 9.17) is 9.47 Å². The molecule has 0 aromatic heterocycles. The Morgan fingerprint density at radius 1 is 1.00 bits per heavy atom. The number of rotatable bonds is 8. The molecule has 0 unspecified atom stereocenters. The number of benzene rings is 2. The van der Waals surface area contributed by atoms with Crippen molar-refractivity contribution in [3.63, 3.8) is 0 Å². The van der Waals surface area contributed by atoms with Gasteiger partial charge in [-0.25, -0.2) is 4.79 Å². The Morgan fingerprint density at radius 3 is 2.14 bits per heavy atom. The smallest absolute Gasteiger partial charge is 0.344 e. The number of aromatic hydroxyl groups is 2. The number of para-hydroxylation sites is 1. The van der Waals surface area contributed by atoms with Gasteiger partial charge in [0.05, 0.1) is 13.2 Å². The number of ketones is 1. The topological polar surface area (TPSA) is 102 Å². The monoisotopic (exact) mass is 404 g/mol. The second-order valence-corrected chi connectivity index (χ2v) is 6.11. The van der Waals surface area contributed by atoms with Crippen molar-refractivity contribution in [3.05, 3.63) is 47.5 Å². The van der Waals surface area contributed by atoms with Crippen molar-refractivity contribution in [3.8, 4) is 23.0 Å². The fraction of sp³-hybridized carbons (Fsp3) is 0.364. The van der Waals surface area contributed by atoms with Gasteiger partial charge in [0.25, 0.3) is 0 Å². The zero-order valence-corrected chi connectivity index (χ0v) is 17.2. The van der Waals surface area contributed by atoms with Gasteiger partial charge in [-0.1, -0.05) is 25.1 Å². The largest absolute Gasteiger partial charge is 0.504 e. The van der Waals surface area contributed by atoms with E-state index in [1.54, 1.807) is 6.92 Å². The van der Waals surface area contributed by atoms with E-state index >= 15 is 0 Å². The molecule has 0 radical (unpaired) electrons. The van der Waals surface area contributed by atoms with Crippen LogP contribution < -0.4 is 9.47 Å². The molecule has 2 rings (SSSR count). The van der Waals surface area contributed by atoms with Crippen molar-refractivity contribution in [1.29, 1.82) is 0 Å². The first-order valence-electron chi connectivity index (χ1n) is 9.33. The second kappa shape index (κ2) is 12.3.